The molecule has 4 aromatic rings. The van der Waals surface area contributed by atoms with Crippen molar-refractivity contribution in [3.8, 4) is 0 Å². The maximum Gasteiger partial charge on any atom is 0.205 e. The highest BCUT2D eigenvalue weighted by Crippen LogP contribution is 2.34. The molecule has 0 aromatic heterocycles. The van der Waals surface area contributed by atoms with Crippen molar-refractivity contribution in [3.63, 3.8) is 0 Å². The zero-order valence-electron chi connectivity index (χ0n) is 26.9. The second-order valence-corrected chi connectivity index (χ2v) is 14.0. The smallest absolute Gasteiger partial charge is 0.205 e. The van der Waals surface area contributed by atoms with Gasteiger partial charge in [0.2, 0.25) is 11.6 Å². The van der Waals surface area contributed by atoms with Gasteiger partial charge in [-0.3, -0.25) is 20.4 Å². The number of hydrogen-bond donors (Lipinski definition) is 4. The number of carbonyl (C=O) groups is 2. The fourth-order valence-electron chi connectivity index (χ4n) is 4.50. The second-order valence-electron chi connectivity index (χ2n) is 12.3. The number of rotatable bonds is 13. The Hall–Kier alpha value is -4.08. The van der Waals surface area contributed by atoms with E-state index in [-0.39, 0.29) is 23.2 Å². The monoisotopic (exact) mass is 724 g/mol. The number of Topliss-reactive ketones (excluding diaryl/α,β-unsaturated/α-hetero) is 2. The van der Waals surface area contributed by atoms with Crippen molar-refractivity contribution in [3.05, 3.63) is 117 Å². The summed E-state index contributed by atoms with van der Waals surface area (Å²) in [7, 11) is 0. The summed E-state index contributed by atoms with van der Waals surface area (Å²) in [5.41, 5.74) is 6.45. The van der Waals surface area contributed by atoms with Crippen LogP contribution in [0.5, 0.6) is 0 Å². The van der Waals surface area contributed by atoms with Gasteiger partial charge in [-0.05, 0) is 73.5 Å². The average Bonchev–Trinajstić information content (AvgIpc) is 3.05. The Kier molecular flexibility index (Phi) is 12.5. The van der Waals surface area contributed by atoms with Gasteiger partial charge in [0.05, 0.1) is 21.4 Å². The standard InChI is InChI=1S/C36H36Cl4N6O2/c1-35(2,31(47)33(45-43-25-11-7-5-8-12-25)41-27-15-16-29(39)30(40)22-27)17-18-36(3,4)32(48)34(46-44-26-13-9-6-10-14-26)42-28-20-23(37)19-24(38)21-28/h5-16,19-22,43-44H,17-18H2,1-4H3,(H,41,45)(H,42,46). The number of amidine groups is 2. The Morgan fingerprint density at radius 3 is 1.42 bits per heavy atom. The van der Waals surface area contributed by atoms with Gasteiger partial charge in [-0.1, -0.05) is 110 Å². The molecule has 4 aromatic carbocycles. The molecule has 48 heavy (non-hydrogen) atoms. The van der Waals surface area contributed by atoms with Crippen molar-refractivity contribution in [1.29, 1.82) is 0 Å². The predicted molar refractivity (Wildman–Crippen MR) is 202 cm³/mol. The third-order valence-electron chi connectivity index (χ3n) is 7.48. The van der Waals surface area contributed by atoms with Gasteiger partial charge in [0.15, 0.2) is 11.7 Å². The van der Waals surface area contributed by atoms with E-state index in [1.807, 2.05) is 88.4 Å². The van der Waals surface area contributed by atoms with Crippen LogP contribution >= 0.6 is 46.4 Å². The number of hydrogen-bond acceptors (Lipinski definition) is 6. The molecule has 4 rings (SSSR count). The minimum atomic E-state index is -0.944. The molecule has 0 aliphatic heterocycles. The number of ketones is 2. The van der Waals surface area contributed by atoms with E-state index in [4.69, 9.17) is 46.4 Å². The molecule has 0 unspecified atom stereocenters. The summed E-state index contributed by atoms with van der Waals surface area (Å²) in [4.78, 5) is 28.2. The van der Waals surface area contributed by atoms with Gasteiger partial charge in [0, 0.05) is 32.3 Å². The number of carbonyl (C=O) groups excluding carboxylic acids is 2. The maximum atomic E-state index is 14.1. The molecule has 0 atom stereocenters. The predicted octanol–water partition coefficient (Wildman–Crippen LogP) is 10.6. The minimum Gasteiger partial charge on any atom is -0.336 e. The third kappa shape index (κ3) is 10.5. The summed E-state index contributed by atoms with van der Waals surface area (Å²) in [6.07, 6.45) is 0.694. The molecule has 0 spiro atoms. The highest BCUT2D eigenvalue weighted by atomic mass is 35.5. The SMILES string of the molecule is CC(C)(CCC(C)(C)C(=O)C(=NNc1ccccc1)Nc1ccc(Cl)c(Cl)c1)C(=O)C(=NNc1ccccc1)Nc1cc(Cl)cc(Cl)c1. The maximum absolute atomic E-state index is 14.1. The quantitative estimate of drug-likeness (QED) is 0.0621. The lowest BCUT2D eigenvalue weighted by atomic mass is 9.74. The first-order valence-electron chi connectivity index (χ1n) is 15.1. The molecule has 0 heterocycles. The molecule has 8 nitrogen and oxygen atoms in total. The van der Waals surface area contributed by atoms with Gasteiger partial charge in [0.1, 0.15) is 0 Å². The lowest BCUT2D eigenvalue weighted by Gasteiger charge is -2.30. The lowest BCUT2D eigenvalue weighted by Crippen LogP contribution is -2.40. The fourth-order valence-corrected chi connectivity index (χ4v) is 5.33. The largest absolute Gasteiger partial charge is 0.336 e. The summed E-state index contributed by atoms with van der Waals surface area (Å²) >= 11 is 24.8. The number of benzene rings is 4. The van der Waals surface area contributed by atoms with E-state index < -0.39 is 10.8 Å². The molecule has 0 amide bonds. The van der Waals surface area contributed by atoms with E-state index in [0.29, 0.717) is 55.7 Å². The van der Waals surface area contributed by atoms with Gasteiger partial charge in [-0.25, -0.2) is 0 Å². The van der Waals surface area contributed by atoms with Crippen molar-refractivity contribution in [1.82, 2.24) is 0 Å². The van der Waals surface area contributed by atoms with Crippen molar-refractivity contribution in [2.45, 2.75) is 40.5 Å². The second kappa shape index (κ2) is 16.3. The highest BCUT2D eigenvalue weighted by molar-refractivity contribution is 6.46. The molecule has 0 aliphatic rings. The van der Waals surface area contributed by atoms with Crippen LogP contribution in [-0.4, -0.2) is 23.2 Å². The topological polar surface area (TPSA) is 107 Å². The molecule has 4 N–H and O–H groups in total. The van der Waals surface area contributed by atoms with Crippen LogP contribution in [-0.2, 0) is 9.59 Å². The van der Waals surface area contributed by atoms with Crippen LogP contribution in [0.15, 0.2) is 107 Å². The molecule has 0 aliphatic carbocycles. The van der Waals surface area contributed by atoms with Gasteiger partial charge < -0.3 is 10.6 Å². The first-order valence-corrected chi connectivity index (χ1v) is 16.6. The molecular formula is C36H36Cl4N6O2. The summed E-state index contributed by atoms with van der Waals surface area (Å²) in [5.74, 6) is -0.424. The van der Waals surface area contributed by atoms with E-state index in [9.17, 15) is 9.59 Å². The summed E-state index contributed by atoms with van der Waals surface area (Å²) in [6.45, 7) is 7.28. The Labute approximate surface area is 300 Å². The van der Waals surface area contributed by atoms with Crippen LogP contribution in [0, 0.1) is 10.8 Å². The molecule has 0 bridgehead atoms. The number of para-hydroxylation sites is 2. The number of hydrazone groups is 2. The van der Waals surface area contributed by atoms with Crippen molar-refractivity contribution in [2.24, 2.45) is 21.0 Å². The Morgan fingerprint density at radius 1 is 0.542 bits per heavy atom. The molecule has 12 heteroatoms. The van der Waals surface area contributed by atoms with Crippen LogP contribution in [0.1, 0.15) is 40.5 Å². The number of halogens is 4. The van der Waals surface area contributed by atoms with Crippen molar-refractivity contribution in [2.75, 3.05) is 21.5 Å². The van der Waals surface area contributed by atoms with Gasteiger partial charge in [0.25, 0.3) is 0 Å². The van der Waals surface area contributed by atoms with Gasteiger partial charge >= 0.3 is 0 Å². The Bertz CT molecular complexity index is 1790. The zero-order chi connectivity index (χ0) is 34.9. The average molecular weight is 727 g/mol. The van der Waals surface area contributed by atoms with Crippen molar-refractivity contribution < 1.29 is 9.59 Å². The first kappa shape index (κ1) is 36.8. The van der Waals surface area contributed by atoms with E-state index in [1.165, 1.54) is 0 Å². The van der Waals surface area contributed by atoms with Crippen LogP contribution in [0.25, 0.3) is 0 Å². The normalized spacial score (nSPS) is 12.3. The fraction of sp³-hybridized carbons (Fsp3) is 0.222. The van der Waals surface area contributed by atoms with E-state index in [2.05, 4.69) is 31.7 Å². The van der Waals surface area contributed by atoms with Crippen LogP contribution in [0.3, 0.4) is 0 Å². The van der Waals surface area contributed by atoms with Crippen LogP contribution in [0.4, 0.5) is 22.7 Å². The van der Waals surface area contributed by atoms with Gasteiger partial charge in [-0.15, -0.1) is 0 Å². The zero-order valence-corrected chi connectivity index (χ0v) is 29.9. The number of nitrogens with zero attached hydrogens (tertiary/aromatic N) is 2. The molecule has 0 saturated carbocycles. The third-order valence-corrected chi connectivity index (χ3v) is 8.66. The molecular weight excluding hydrogens is 690 g/mol. The molecule has 0 fully saturated rings. The molecule has 0 saturated heterocycles. The number of anilines is 4. The van der Waals surface area contributed by atoms with E-state index in [0.717, 1.165) is 0 Å². The van der Waals surface area contributed by atoms with Gasteiger partial charge in [-0.2, -0.15) is 10.2 Å². The van der Waals surface area contributed by atoms with E-state index in [1.54, 1.807) is 36.4 Å². The molecule has 250 valence electrons. The lowest BCUT2D eigenvalue weighted by molar-refractivity contribution is -0.124. The first-order chi connectivity index (χ1) is 22.7. The minimum absolute atomic E-state index is 0.0573. The number of nitrogens with one attached hydrogen (secondary N) is 4. The molecule has 0 radical (unpaired) electrons. The van der Waals surface area contributed by atoms with Crippen molar-refractivity contribution >= 4 is 92.4 Å². The summed E-state index contributed by atoms with van der Waals surface area (Å²) in [5, 5.41) is 16.6. The highest BCUT2D eigenvalue weighted by Gasteiger charge is 2.38. The summed E-state index contributed by atoms with van der Waals surface area (Å²) in [6, 6.07) is 28.4. The summed E-state index contributed by atoms with van der Waals surface area (Å²) < 4.78 is 0. The Balaban J connectivity index is 1.56. The van der Waals surface area contributed by atoms with Crippen LogP contribution in [0.2, 0.25) is 20.1 Å². The Morgan fingerprint density at radius 2 is 0.979 bits per heavy atom. The van der Waals surface area contributed by atoms with Crippen LogP contribution < -0.4 is 21.5 Å². The van der Waals surface area contributed by atoms with E-state index >= 15 is 0 Å².